The minimum absolute atomic E-state index is 0.111. The van der Waals surface area contributed by atoms with Crippen LogP contribution in [0.2, 0.25) is 0 Å². The van der Waals surface area contributed by atoms with E-state index in [1.165, 1.54) is 0 Å². The van der Waals surface area contributed by atoms with Crippen LogP contribution < -0.4 is 14.4 Å². The largest absolute Gasteiger partial charge is 0.509 e. The Kier molecular flexibility index (Phi) is 3.99. The molecular formula is C20H20N4O3. The first-order valence-corrected chi connectivity index (χ1v) is 8.47. The smallest absolute Gasteiger partial charge is 0.148 e. The summed E-state index contributed by atoms with van der Waals surface area (Å²) in [7, 11) is 5.04. The van der Waals surface area contributed by atoms with Gasteiger partial charge in [0.05, 0.1) is 43.1 Å². The average molecular weight is 364 g/mol. The Morgan fingerprint density at radius 3 is 2.37 bits per heavy atom. The third-order valence-electron chi connectivity index (χ3n) is 4.76. The van der Waals surface area contributed by atoms with Gasteiger partial charge in [0.25, 0.3) is 0 Å². The van der Waals surface area contributed by atoms with Crippen LogP contribution in [0.25, 0.3) is 16.6 Å². The number of para-hydroxylation sites is 2. The Balaban J connectivity index is 1.76. The maximum atomic E-state index is 10.6. The molecule has 0 saturated heterocycles. The van der Waals surface area contributed by atoms with Crippen molar-refractivity contribution < 1.29 is 14.6 Å². The molecular weight excluding hydrogens is 344 g/mol. The maximum Gasteiger partial charge on any atom is 0.148 e. The summed E-state index contributed by atoms with van der Waals surface area (Å²) in [6.45, 7) is 0.188. The van der Waals surface area contributed by atoms with Gasteiger partial charge in [-0.1, -0.05) is 12.1 Å². The Morgan fingerprint density at radius 1 is 1.07 bits per heavy atom. The second kappa shape index (κ2) is 6.35. The van der Waals surface area contributed by atoms with Crippen molar-refractivity contribution in [3.63, 3.8) is 0 Å². The van der Waals surface area contributed by atoms with E-state index in [0.717, 1.165) is 11.0 Å². The quantitative estimate of drug-likeness (QED) is 0.742. The lowest BCUT2D eigenvalue weighted by Gasteiger charge is -2.20. The number of ether oxygens (including phenoxy) is 2. The van der Waals surface area contributed by atoms with E-state index >= 15 is 0 Å². The molecule has 2 N–H and O–H groups in total. The van der Waals surface area contributed by atoms with Crippen LogP contribution >= 0.6 is 0 Å². The van der Waals surface area contributed by atoms with Gasteiger partial charge in [0.1, 0.15) is 28.9 Å². The molecule has 3 aromatic rings. The van der Waals surface area contributed by atoms with Crippen molar-refractivity contribution in [1.29, 1.82) is 5.41 Å². The lowest BCUT2D eigenvalue weighted by atomic mass is 10.2. The van der Waals surface area contributed by atoms with Crippen molar-refractivity contribution in [3.05, 3.63) is 54.0 Å². The Morgan fingerprint density at radius 2 is 1.74 bits per heavy atom. The number of nitrogens with one attached hydrogen (secondary N) is 1. The molecule has 27 heavy (non-hydrogen) atoms. The zero-order valence-electron chi connectivity index (χ0n) is 15.4. The van der Waals surface area contributed by atoms with Crippen molar-refractivity contribution in [2.75, 3.05) is 25.7 Å². The molecule has 4 rings (SSSR count). The SMILES string of the molecule is COc1cc(OC)cc(N2CC(O)=C(c3nc4ccccc4n3C)C2=N)c1. The van der Waals surface area contributed by atoms with E-state index in [0.29, 0.717) is 28.6 Å². The highest BCUT2D eigenvalue weighted by Crippen LogP contribution is 2.35. The van der Waals surface area contributed by atoms with E-state index in [9.17, 15) is 5.11 Å². The van der Waals surface area contributed by atoms with Crippen molar-refractivity contribution in [1.82, 2.24) is 9.55 Å². The van der Waals surface area contributed by atoms with Crippen molar-refractivity contribution in [2.45, 2.75) is 0 Å². The number of anilines is 1. The summed E-state index contributed by atoms with van der Waals surface area (Å²) in [4.78, 5) is 6.32. The van der Waals surface area contributed by atoms with Crippen LogP contribution in [0.1, 0.15) is 5.82 Å². The van der Waals surface area contributed by atoms with Gasteiger partial charge in [-0.05, 0) is 12.1 Å². The van der Waals surface area contributed by atoms with Crippen LogP contribution in [-0.2, 0) is 7.05 Å². The molecule has 0 bridgehead atoms. The number of aryl methyl sites for hydroxylation is 1. The number of imidazole rings is 1. The number of hydrogen-bond donors (Lipinski definition) is 2. The molecule has 138 valence electrons. The topological polar surface area (TPSA) is 83.6 Å². The molecule has 0 aliphatic carbocycles. The molecule has 0 unspecified atom stereocenters. The van der Waals surface area contributed by atoms with Crippen LogP contribution in [0, 0.1) is 5.41 Å². The lowest BCUT2D eigenvalue weighted by molar-refractivity contribution is 0.394. The molecule has 1 aliphatic rings. The summed E-state index contributed by atoms with van der Waals surface area (Å²) in [5.41, 5.74) is 2.90. The summed E-state index contributed by atoms with van der Waals surface area (Å²) in [5, 5.41) is 19.3. The molecule has 0 amide bonds. The third kappa shape index (κ3) is 2.68. The van der Waals surface area contributed by atoms with Crippen LogP contribution in [0.15, 0.2) is 48.2 Å². The zero-order chi connectivity index (χ0) is 19.1. The predicted octanol–water partition coefficient (Wildman–Crippen LogP) is 3.36. The van der Waals surface area contributed by atoms with Gasteiger partial charge in [-0.25, -0.2) is 4.98 Å². The highest BCUT2D eigenvalue weighted by molar-refractivity contribution is 6.30. The van der Waals surface area contributed by atoms with Gasteiger partial charge in [0, 0.05) is 25.2 Å². The fraction of sp³-hybridized carbons (Fsp3) is 0.200. The molecule has 2 aromatic carbocycles. The van der Waals surface area contributed by atoms with E-state index in [1.54, 1.807) is 25.2 Å². The number of benzene rings is 2. The number of methoxy groups -OCH3 is 2. The van der Waals surface area contributed by atoms with Gasteiger partial charge in [0.2, 0.25) is 0 Å². The van der Waals surface area contributed by atoms with Gasteiger partial charge in [-0.2, -0.15) is 0 Å². The molecule has 0 radical (unpaired) electrons. The van der Waals surface area contributed by atoms with E-state index in [-0.39, 0.29) is 18.1 Å². The number of aliphatic hydroxyl groups is 1. The fourth-order valence-corrected chi connectivity index (χ4v) is 3.35. The van der Waals surface area contributed by atoms with Crippen molar-refractivity contribution in [3.8, 4) is 11.5 Å². The minimum atomic E-state index is 0.111. The first-order valence-electron chi connectivity index (χ1n) is 8.47. The summed E-state index contributed by atoms with van der Waals surface area (Å²) in [6.07, 6.45) is 0. The standard InChI is InChI=1S/C20H20N4O3/c1-23-16-7-5-4-6-15(16)22-20(23)18-17(25)11-24(19(18)21)12-8-13(26-2)10-14(9-12)27-3/h4-10,21,25H,11H2,1-3H3. The van der Waals surface area contributed by atoms with E-state index in [2.05, 4.69) is 4.98 Å². The summed E-state index contributed by atoms with van der Waals surface area (Å²) in [6, 6.07) is 13.1. The normalized spacial score (nSPS) is 14.3. The second-order valence-corrected chi connectivity index (χ2v) is 6.31. The number of amidine groups is 1. The molecule has 7 nitrogen and oxygen atoms in total. The van der Waals surface area contributed by atoms with Gasteiger partial charge < -0.3 is 24.0 Å². The molecule has 0 spiro atoms. The van der Waals surface area contributed by atoms with Crippen LogP contribution in [0.5, 0.6) is 11.5 Å². The molecule has 0 saturated carbocycles. The summed E-state index contributed by atoms with van der Waals surface area (Å²) >= 11 is 0. The Bertz CT molecular complexity index is 1060. The molecule has 0 fully saturated rings. The first kappa shape index (κ1) is 17.0. The van der Waals surface area contributed by atoms with Crippen LogP contribution in [0.4, 0.5) is 5.69 Å². The van der Waals surface area contributed by atoms with Gasteiger partial charge in [-0.15, -0.1) is 0 Å². The number of aliphatic hydroxyl groups excluding tert-OH is 1. The predicted molar refractivity (Wildman–Crippen MR) is 105 cm³/mol. The van der Waals surface area contributed by atoms with E-state index in [4.69, 9.17) is 14.9 Å². The fourth-order valence-electron chi connectivity index (χ4n) is 3.35. The number of aromatic nitrogens is 2. The number of rotatable bonds is 4. The highest BCUT2D eigenvalue weighted by Gasteiger charge is 2.32. The second-order valence-electron chi connectivity index (χ2n) is 6.31. The third-order valence-corrected chi connectivity index (χ3v) is 4.76. The number of fused-ring (bicyclic) bond motifs is 1. The Labute approximate surface area is 156 Å². The molecule has 1 aliphatic heterocycles. The summed E-state index contributed by atoms with van der Waals surface area (Å²) < 4.78 is 12.5. The highest BCUT2D eigenvalue weighted by atomic mass is 16.5. The molecule has 2 heterocycles. The zero-order valence-corrected chi connectivity index (χ0v) is 15.4. The van der Waals surface area contributed by atoms with Crippen molar-refractivity contribution in [2.24, 2.45) is 7.05 Å². The van der Waals surface area contributed by atoms with Crippen molar-refractivity contribution >= 4 is 28.1 Å². The monoisotopic (exact) mass is 364 g/mol. The van der Waals surface area contributed by atoms with Crippen LogP contribution in [0.3, 0.4) is 0 Å². The number of nitrogens with zero attached hydrogens (tertiary/aromatic N) is 3. The van der Waals surface area contributed by atoms with Crippen LogP contribution in [-0.4, -0.2) is 41.3 Å². The summed E-state index contributed by atoms with van der Waals surface area (Å²) in [5.74, 6) is 2.10. The molecule has 7 heteroatoms. The number of hydrogen-bond acceptors (Lipinski definition) is 5. The minimum Gasteiger partial charge on any atom is -0.509 e. The molecule has 1 aromatic heterocycles. The molecule has 0 atom stereocenters. The maximum absolute atomic E-state index is 10.6. The van der Waals surface area contributed by atoms with Gasteiger partial charge in [0.15, 0.2) is 0 Å². The van der Waals surface area contributed by atoms with E-state index in [1.807, 2.05) is 48.0 Å². The van der Waals surface area contributed by atoms with E-state index < -0.39 is 0 Å². The lowest BCUT2D eigenvalue weighted by Crippen LogP contribution is -2.26. The average Bonchev–Trinajstić information content (AvgIpc) is 3.17. The van der Waals surface area contributed by atoms with Gasteiger partial charge >= 0.3 is 0 Å². The first-order chi connectivity index (χ1) is 13.0. The Hall–Kier alpha value is -3.48. The van der Waals surface area contributed by atoms with Gasteiger partial charge in [-0.3, -0.25) is 5.41 Å².